The first kappa shape index (κ1) is 16.5. The zero-order chi connectivity index (χ0) is 13.9. The Morgan fingerprint density at radius 3 is 2.00 bits per heavy atom. The summed E-state index contributed by atoms with van der Waals surface area (Å²) in [6.45, 7) is 5.30. The van der Waals surface area contributed by atoms with Crippen molar-refractivity contribution in [2.45, 2.75) is 90.5 Å². The molecule has 1 aliphatic rings. The van der Waals surface area contributed by atoms with Gasteiger partial charge in [0.1, 0.15) is 5.84 Å². The highest BCUT2D eigenvalue weighted by Crippen LogP contribution is 2.13. The van der Waals surface area contributed by atoms with Gasteiger partial charge in [-0.1, -0.05) is 64.7 Å². The molecule has 0 radical (unpaired) electrons. The van der Waals surface area contributed by atoms with Crippen molar-refractivity contribution >= 4 is 5.84 Å². The molecule has 2 N–H and O–H groups in total. The van der Waals surface area contributed by atoms with Crippen LogP contribution in [0.4, 0.5) is 0 Å². The van der Waals surface area contributed by atoms with Gasteiger partial charge < -0.3 is 0 Å². The lowest BCUT2D eigenvalue weighted by molar-refractivity contribution is 0.442. The summed E-state index contributed by atoms with van der Waals surface area (Å²) in [5, 5.41) is 1.83. The largest absolute Gasteiger partial charge is 0.297 e. The van der Waals surface area contributed by atoms with E-state index in [0.717, 1.165) is 18.8 Å². The first-order chi connectivity index (χ1) is 9.24. The van der Waals surface area contributed by atoms with Crippen LogP contribution in [0.2, 0.25) is 0 Å². The van der Waals surface area contributed by atoms with E-state index >= 15 is 0 Å². The predicted octanol–water partition coefficient (Wildman–Crippen LogP) is 4.27. The zero-order valence-electron chi connectivity index (χ0n) is 13.0. The molecule has 112 valence electrons. The van der Waals surface area contributed by atoms with Gasteiger partial charge in [0.15, 0.2) is 0 Å². The number of amidine groups is 1. The summed E-state index contributed by atoms with van der Waals surface area (Å²) in [4.78, 5) is 4.56. The molecule has 1 unspecified atom stereocenters. The maximum Gasteiger partial charge on any atom is 0.113 e. The molecule has 19 heavy (non-hydrogen) atoms. The topological polar surface area (TPSA) is 41.6 Å². The van der Waals surface area contributed by atoms with E-state index in [-0.39, 0.29) is 0 Å². The first-order valence-corrected chi connectivity index (χ1v) is 8.33. The first-order valence-electron chi connectivity index (χ1n) is 8.33. The second-order valence-electron chi connectivity index (χ2n) is 5.98. The van der Waals surface area contributed by atoms with Crippen LogP contribution in [0.1, 0.15) is 84.5 Å². The molecule has 0 saturated carbocycles. The van der Waals surface area contributed by atoms with Crippen molar-refractivity contribution in [1.29, 1.82) is 0 Å². The van der Waals surface area contributed by atoms with Crippen LogP contribution < -0.4 is 5.84 Å². The Kier molecular flexibility index (Phi) is 8.89. The standard InChI is InChI=1S/C16H33N3/c1-3-4-5-6-7-8-9-10-11-12-13-16-18-15(2)14-19(16)17/h15H,3-14,17H2,1-2H3. The Labute approximate surface area is 119 Å². The summed E-state index contributed by atoms with van der Waals surface area (Å²) >= 11 is 0. The molecular weight excluding hydrogens is 234 g/mol. The third-order valence-electron chi connectivity index (χ3n) is 3.92. The Balaban J connectivity index is 1.85. The number of aliphatic imine (C=N–C) groups is 1. The van der Waals surface area contributed by atoms with E-state index in [1.165, 1.54) is 64.2 Å². The summed E-state index contributed by atoms with van der Waals surface area (Å²) in [6.07, 6.45) is 14.9. The number of hydrazine groups is 1. The zero-order valence-corrected chi connectivity index (χ0v) is 13.0. The minimum absolute atomic E-state index is 0.392. The molecule has 1 aliphatic heterocycles. The fourth-order valence-electron chi connectivity index (χ4n) is 2.74. The third-order valence-corrected chi connectivity index (χ3v) is 3.92. The van der Waals surface area contributed by atoms with Crippen LogP contribution in [0.5, 0.6) is 0 Å². The number of unbranched alkanes of at least 4 members (excludes halogenated alkanes) is 9. The molecule has 0 fully saturated rings. The second-order valence-corrected chi connectivity index (χ2v) is 5.98. The minimum atomic E-state index is 0.392. The van der Waals surface area contributed by atoms with Gasteiger partial charge in [-0.25, -0.2) is 5.84 Å². The monoisotopic (exact) mass is 267 g/mol. The van der Waals surface area contributed by atoms with Gasteiger partial charge in [0.25, 0.3) is 0 Å². The summed E-state index contributed by atoms with van der Waals surface area (Å²) in [7, 11) is 0. The maximum absolute atomic E-state index is 5.89. The minimum Gasteiger partial charge on any atom is -0.297 e. The molecular formula is C16H33N3. The number of rotatable bonds is 11. The van der Waals surface area contributed by atoms with Gasteiger partial charge in [-0.2, -0.15) is 0 Å². The highest BCUT2D eigenvalue weighted by atomic mass is 15.5. The van der Waals surface area contributed by atoms with Gasteiger partial charge in [-0.3, -0.25) is 10.0 Å². The molecule has 3 nitrogen and oxygen atoms in total. The fourth-order valence-corrected chi connectivity index (χ4v) is 2.74. The summed E-state index contributed by atoms with van der Waals surface area (Å²) in [6, 6.07) is 0.392. The Morgan fingerprint density at radius 2 is 1.53 bits per heavy atom. The van der Waals surface area contributed by atoms with E-state index in [1.807, 2.05) is 5.01 Å². The van der Waals surface area contributed by atoms with Gasteiger partial charge in [-0.05, 0) is 13.3 Å². The molecule has 1 atom stereocenters. The highest BCUT2D eigenvalue weighted by Gasteiger charge is 2.18. The van der Waals surface area contributed by atoms with E-state index < -0.39 is 0 Å². The van der Waals surface area contributed by atoms with Crippen LogP contribution in [0, 0.1) is 0 Å². The van der Waals surface area contributed by atoms with E-state index in [1.54, 1.807) is 0 Å². The fraction of sp³-hybridized carbons (Fsp3) is 0.938. The van der Waals surface area contributed by atoms with Crippen LogP contribution in [0.25, 0.3) is 0 Å². The highest BCUT2D eigenvalue weighted by molar-refractivity contribution is 5.83. The second kappa shape index (κ2) is 10.2. The number of nitrogens with zero attached hydrogens (tertiary/aromatic N) is 2. The molecule has 1 heterocycles. The lowest BCUT2D eigenvalue weighted by atomic mass is 10.1. The molecule has 1 rings (SSSR count). The van der Waals surface area contributed by atoms with Gasteiger partial charge in [0.05, 0.1) is 12.6 Å². The van der Waals surface area contributed by atoms with E-state index in [9.17, 15) is 0 Å². The lowest BCUT2D eigenvalue weighted by Gasteiger charge is -2.13. The molecule has 0 bridgehead atoms. The van der Waals surface area contributed by atoms with Crippen LogP contribution in [-0.2, 0) is 0 Å². The van der Waals surface area contributed by atoms with Crippen LogP contribution in [0.15, 0.2) is 4.99 Å². The molecule has 0 aliphatic carbocycles. The van der Waals surface area contributed by atoms with Gasteiger partial charge in [-0.15, -0.1) is 0 Å². The van der Waals surface area contributed by atoms with Crippen LogP contribution >= 0.6 is 0 Å². The lowest BCUT2D eigenvalue weighted by Crippen LogP contribution is -2.35. The van der Waals surface area contributed by atoms with Crippen molar-refractivity contribution in [2.75, 3.05) is 6.54 Å². The quantitative estimate of drug-likeness (QED) is 0.448. The molecule has 0 aromatic rings. The Morgan fingerprint density at radius 1 is 1.00 bits per heavy atom. The van der Waals surface area contributed by atoms with Crippen molar-refractivity contribution < 1.29 is 0 Å². The summed E-state index contributed by atoms with van der Waals surface area (Å²) in [5.41, 5.74) is 0. The Bertz CT molecular complexity index is 250. The summed E-state index contributed by atoms with van der Waals surface area (Å²) in [5.74, 6) is 7.01. The van der Waals surface area contributed by atoms with Gasteiger partial charge in [0.2, 0.25) is 0 Å². The van der Waals surface area contributed by atoms with Crippen molar-refractivity contribution in [3.05, 3.63) is 0 Å². The SMILES string of the molecule is CCCCCCCCCCCCC1=NC(C)CN1N. The van der Waals surface area contributed by atoms with Gasteiger partial charge >= 0.3 is 0 Å². The average Bonchev–Trinajstić information content (AvgIpc) is 2.70. The van der Waals surface area contributed by atoms with Crippen molar-refractivity contribution in [3.8, 4) is 0 Å². The molecule has 0 aromatic heterocycles. The van der Waals surface area contributed by atoms with E-state index in [4.69, 9.17) is 5.84 Å². The number of hydrogen-bond acceptors (Lipinski definition) is 3. The van der Waals surface area contributed by atoms with Crippen molar-refractivity contribution in [3.63, 3.8) is 0 Å². The summed E-state index contributed by atoms with van der Waals surface area (Å²) < 4.78 is 0. The smallest absolute Gasteiger partial charge is 0.113 e. The van der Waals surface area contributed by atoms with Crippen LogP contribution in [-0.4, -0.2) is 23.4 Å². The van der Waals surface area contributed by atoms with Crippen molar-refractivity contribution in [2.24, 2.45) is 10.8 Å². The maximum atomic E-state index is 5.89. The number of nitrogens with two attached hydrogens (primary N) is 1. The van der Waals surface area contributed by atoms with E-state index in [2.05, 4.69) is 18.8 Å². The van der Waals surface area contributed by atoms with Gasteiger partial charge in [0, 0.05) is 6.42 Å². The number of hydrogen-bond donors (Lipinski definition) is 1. The normalized spacial score (nSPS) is 19.0. The average molecular weight is 267 g/mol. The van der Waals surface area contributed by atoms with E-state index in [0.29, 0.717) is 6.04 Å². The molecule has 3 heteroatoms. The van der Waals surface area contributed by atoms with Crippen molar-refractivity contribution in [1.82, 2.24) is 5.01 Å². The third kappa shape index (κ3) is 7.56. The predicted molar refractivity (Wildman–Crippen MR) is 84.3 cm³/mol. The molecule has 0 amide bonds. The molecule has 0 saturated heterocycles. The molecule has 0 aromatic carbocycles. The molecule has 0 spiro atoms. The Hall–Kier alpha value is -0.570. The van der Waals surface area contributed by atoms with Crippen LogP contribution in [0.3, 0.4) is 0 Å².